The predicted molar refractivity (Wildman–Crippen MR) is 88.7 cm³/mol. The third-order valence-electron chi connectivity index (χ3n) is 3.03. The molecule has 0 aliphatic rings. The van der Waals surface area contributed by atoms with Gasteiger partial charge in [-0.3, -0.25) is 9.59 Å². The lowest BCUT2D eigenvalue weighted by molar-refractivity contribution is -0.136. The molecule has 2 rings (SSSR count). The minimum Gasteiger partial charge on any atom is -0.494 e. The molecule has 0 atom stereocenters. The first-order valence-corrected chi connectivity index (χ1v) is 7.31. The fourth-order valence-electron chi connectivity index (χ4n) is 1.97. The van der Waals surface area contributed by atoms with Gasteiger partial charge in [0, 0.05) is 11.3 Å². The Labute approximate surface area is 142 Å². The SMILES string of the molecule is COc1c(Cl)cc(C(=O)Nc2ccc(CC(=O)O)cc2)cc1Cl. The topological polar surface area (TPSA) is 75.6 Å². The average Bonchev–Trinajstić information content (AvgIpc) is 2.48. The van der Waals surface area contributed by atoms with Gasteiger partial charge < -0.3 is 15.2 Å². The minimum atomic E-state index is -0.913. The molecule has 2 aromatic rings. The largest absolute Gasteiger partial charge is 0.494 e. The van der Waals surface area contributed by atoms with Crippen molar-refractivity contribution in [3.8, 4) is 5.75 Å². The molecule has 7 heteroatoms. The Hall–Kier alpha value is -2.24. The summed E-state index contributed by atoms with van der Waals surface area (Å²) >= 11 is 12.0. The van der Waals surface area contributed by atoms with Crippen LogP contribution in [-0.2, 0) is 11.2 Å². The van der Waals surface area contributed by atoms with E-state index in [0.29, 0.717) is 17.0 Å². The van der Waals surface area contributed by atoms with Crippen LogP contribution in [0.25, 0.3) is 0 Å². The summed E-state index contributed by atoms with van der Waals surface area (Å²) in [5.41, 5.74) is 1.47. The summed E-state index contributed by atoms with van der Waals surface area (Å²) in [5.74, 6) is -0.991. The molecule has 0 heterocycles. The van der Waals surface area contributed by atoms with Crippen LogP contribution < -0.4 is 10.1 Å². The number of rotatable bonds is 5. The van der Waals surface area contributed by atoms with Gasteiger partial charge in [-0.15, -0.1) is 0 Å². The van der Waals surface area contributed by atoms with Crippen LogP contribution in [0.15, 0.2) is 36.4 Å². The van der Waals surface area contributed by atoms with Crippen LogP contribution in [0.1, 0.15) is 15.9 Å². The normalized spacial score (nSPS) is 10.2. The van der Waals surface area contributed by atoms with E-state index in [1.54, 1.807) is 24.3 Å². The molecule has 0 aliphatic heterocycles. The van der Waals surface area contributed by atoms with Crippen LogP contribution in [-0.4, -0.2) is 24.1 Å². The smallest absolute Gasteiger partial charge is 0.307 e. The van der Waals surface area contributed by atoms with Crippen molar-refractivity contribution < 1.29 is 19.4 Å². The minimum absolute atomic E-state index is 0.0715. The van der Waals surface area contributed by atoms with Crippen molar-refractivity contribution in [2.45, 2.75) is 6.42 Å². The summed E-state index contributed by atoms with van der Waals surface area (Å²) < 4.78 is 5.03. The molecule has 0 aromatic heterocycles. The maximum atomic E-state index is 12.2. The van der Waals surface area contributed by atoms with Crippen molar-refractivity contribution in [2.24, 2.45) is 0 Å². The molecular weight excluding hydrogens is 341 g/mol. The highest BCUT2D eigenvalue weighted by Crippen LogP contribution is 2.34. The van der Waals surface area contributed by atoms with E-state index in [-0.39, 0.29) is 27.9 Å². The number of ether oxygens (including phenoxy) is 1. The number of hydrogen-bond acceptors (Lipinski definition) is 3. The van der Waals surface area contributed by atoms with E-state index in [1.165, 1.54) is 19.2 Å². The summed E-state index contributed by atoms with van der Waals surface area (Å²) in [6.45, 7) is 0. The van der Waals surface area contributed by atoms with Crippen LogP contribution in [0.5, 0.6) is 5.75 Å². The molecule has 0 unspecified atom stereocenters. The molecule has 0 saturated carbocycles. The Morgan fingerprint density at radius 3 is 2.17 bits per heavy atom. The standard InChI is InChI=1S/C16H13Cl2NO4/c1-23-15-12(17)7-10(8-13(15)18)16(22)19-11-4-2-9(3-5-11)6-14(20)21/h2-5,7-8H,6H2,1H3,(H,19,22)(H,20,21). The van der Waals surface area contributed by atoms with Gasteiger partial charge in [0.15, 0.2) is 5.75 Å². The molecule has 0 fully saturated rings. The second-order valence-corrected chi connectivity index (χ2v) is 5.51. The summed E-state index contributed by atoms with van der Waals surface area (Å²) in [6, 6.07) is 9.45. The molecule has 120 valence electrons. The van der Waals surface area contributed by atoms with Crippen molar-refractivity contribution in [1.82, 2.24) is 0 Å². The number of nitrogens with one attached hydrogen (secondary N) is 1. The Morgan fingerprint density at radius 2 is 1.70 bits per heavy atom. The van der Waals surface area contributed by atoms with E-state index >= 15 is 0 Å². The number of aliphatic carboxylic acids is 1. The number of carboxylic acids is 1. The molecule has 2 aromatic carbocycles. The molecule has 0 spiro atoms. The second-order valence-electron chi connectivity index (χ2n) is 4.69. The lowest BCUT2D eigenvalue weighted by Crippen LogP contribution is -2.12. The van der Waals surface area contributed by atoms with Crippen molar-refractivity contribution in [3.63, 3.8) is 0 Å². The van der Waals surface area contributed by atoms with E-state index in [2.05, 4.69) is 5.32 Å². The van der Waals surface area contributed by atoms with Gasteiger partial charge in [0.25, 0.3) is 5.91 Å². The van der Waals surface area contributed by atoms with Gasteiger partial charge >= 0.3 is 5.97 Å². The molecule has 1 amide bonds. The van der Waals surface area contributed by atoms with Gasteiger partial charge in [-0.25, -0.2) is 0 Å². The molecule has 5 nitrogen and oxygen atoms in total. The maximum absolute atomic E-state index is 12.2. The molecule has 0 bridgehead atoms. The van der Waals surface area contributed by atoms with E-state index in [4.69, 9.17) is 33.0 Å². The number of halogens is 2. The first-order chi connectivity index (χ1) is 10.9. The van der Waals surface area contributed by atoms with Crippen molar-refractivity contribution >= 4 is 40.8 Å². The average molecular weight is 354 g/mol. The number of hydrogen-bond donors (Lipinski definition) is 2. The van der Waals surface area contributed by atoms with E-state index in [9.17, 15) is 9.59 Å². The number of carbonyl (C=O) groups excluding carboxylic acids is 1. The molecule has 23 heavy (non-hydrogen) atoms. The van der Waals surface area contributed by atoms with Gasteiger partial charge in [-0.2, -0.15) is 0 Å². The Bertz CT molecular complexity index is 721. The summed E-state index contributed by atoms with van der Waals surface area (Å²) in [7, 11) is 1.44. The van der Waals surface area contributed by atoms with Crippen LogP contribution in [0, 0.1) is 0 Å². The molecule has 0 radical (unpaired) electrons. The lowest BCUT2D eigenvalue weighted by Gasteiger charge is -2.10. The Kier molecular flexibility index (Phi) is 5.47. The second kappa shape index (κ2) is 7.35. The van der Waals surface area contributed by atoms with Gasteiger partial charge in [0.1, 0.15) is 0 Å². The first-order valence-electron chi connectivity index (χ1n) is 6.56. The Morgan fingerprint density at radius 1 is 1.13 bits per heavy atom. The zero-order valence-electron chi connectivity index (χ0n) is 12.1. The highest BCUT2D eigenvalue weighted by molar-refractivity contribution is 6.37. The van der Waals surface area contributed by atoms with Crippen LogP contribution in [0.4, 0.5) is 5.69 Å². The summed E-state index contributed by atoms with van der Waals surface area (Å²) in [5, 5.41) is 11.9. The third kappa shape index (κ3) is 4.37. The number of carboxylic acid groups (broad SMARTS) is 1. The summed E-state index contributed by atoms with van der Waals surface area (Å²) in [4.78, 5) is 22.8. The lowest BCUT2D eigenvalue weighted by atomic mass is 10.1. The van der Waals surface area contributed by atoms with Crippen LogP contribution in [0.3, 0.4) is 0 Å². The number of benzene rings is 2. The maximum Gasteiger partial charge on any atom is 0.307 e. The quantitative estimate of drug-likeness (QED) is 0.854. The van der Waals surface area contributed by atoms with Crippen LogP contribution >= 0.6 is 23.2 Å². The monoisotopic (exact) mass is 353 g/mol. The first kappa shape index (κ1) is 17.1. The van der Waals surface area contributed by atoms with Crippen molar-refractivity contribution in [3.05, 3.63) is 57.6 Å². The number of methoxy groups -OCH3 is 1. The molecule has 2 N–H and O–H groups in total. The predicted octanol–water partition coefficient (Wildman–Crippen LogP) is 3.88. The van der Waals surface area contributed by atoms with Gasteiger partial charge in [-0.1, -0.05) is 35.3 Å². The molecular formula is C16H13Cl2NO4. The highest BCUT2D eigenvalue weighted by Gasteiger charge is 2.13. The van der Waals surface area contributed by atoms with Gasteiger partial charge in [-0.05, 0) is 29.8 Å². The molecule has 0 saturated heterocycles. The van der Waals surface area contributed by atoms with E-state index in [1.807, 2.05) is 0 Å². The highest BCUT2D eigenvalue weighted by atomic mass is 35.5. The molecule has 0 aliphatic carbocycles. The number of amides is 1. The van der Waals surface area contributed by atoms with Gasteiger partial charge in [0.2, 0.25) is 0 Å². The zero-order valence-corrected chi connectivity index (χ0v) is 13.6. The van der Waals surface area contributed by atoms with E-state index < -0.39 is 5.97 Å². The Balaban J connectivity index is 2.14. The van der Waals surface area contributed by atoms with Crippen molar-refractivity contribution in [2.75, 3.05) is 12.4 Å². The summed E-state index contributed by atoms with van der Waals surface area (Å²) in [6.07, 6.45) is -0.0715. The zero-order chi connectivity index (χ0) is 17.0. The number of carbonyl (C=O) groups is 2. The van der Waals surface area contributed by atoms with Crippen molar-refractivity contribution in [1.29, 1.82) is 0 Å². The van der Waals surface area contributed by atoms with E-state index in [0.717, 1.165) is 0 Å². The van der Waals surface area contributed by atoms with Crippen LogP contribution in [0.2, 0.25) is 10.0 Å². The fraction of sp³-hybridized carbons (Fsp3) is 0.125. The number of anilines is 1. The third-order valence-corrected chi connectivity index (χ3v) is 3.59. The van der Waals surface area contributed by atoms with Gasteiger partial charge in [0.05, 0.1) is 23.6 Å². The fourth-order valence-corrected chi connectivity index (χ4v) is 2.61.